The van der Waals surface area contributed by atoms with E-state index in [0.29, 0.717) is 0 Å². The highest BCUT2D eigenvalue weighted by Crippen LogP contribution is 2.17. The van der Waals surface area contributed by atoms with Gasteiger partial charge in [0.25, 0.3) is 0 Å². The van der Waals surface area contributed by atoms with Crippen molar-refractivity contribution in [2.75, 3.05) is 26.2 Å². The lowest BCUT2D eigenvalue weighted by molar-refractivity contribution is 0.339. The molecule has 3 heteroatoms. The first kappa shape index (κ1) is 13.5. The molecule has 20 heavy (non-hydrogen) atoms. The first-order valence-corrected chi connectivity index (χ1v) is 7.62. The Hall–Kier alpha value is -1.45. The molecular weight excluding hydrogens is 246 g/mol. The summed E-state index contributed by atoms with van der Waals surface area (Å²) >= 11 is 0. The van der Waals surface area contributed by atoms with Gasteiger partial charge in [-0.15, -0.1) is 0 Å². The molecule has 1 atom stereocenters. The van der Waals surface area contributed by atoms with E-state index in [4.69, 9.17) is 0 Å². The third-order valence-corrected chi connectivity index (χ3v) is 4.30. The highest BCUT2D eigenvalue weighted by atomic mass is 15.1. The number of rotatable bonds is 5. The predicted molar refractivity (Wildman–Crippen MR) is 83.7 cm³/mol. The molecule has 3 rings (SSSR count). The topological polar surface area (TPSA) is 28.2 Å². The second-order valence-electron chi connectivity index (χ2n) is 5.67. The lowest BCUT2D eigenvalue weighted by atomic mass is 10.1. The molecule has 0 aliphatic carbocycles. The second kappa shape index (κ2) is 6.33. The first-order valence-electron chi connectivity index (χ1n) is 7.62. The summed E-state index contributed by atoms with van der Waals surface area (Å²) < 4.78 is 0. The highest BCUT2D eigenvalue weighted by molar-refractivity contribution is 5.81. The van der Waals surface area contributed by atoms with Gasteiger partial charge in [0, 0.05) is 24.7 Å². The molecule has 1 saturated heterocycles. The summed E-state index contributed by atoms with van der Waals surface area (Å²) in [5.74, 6) is 0.808. The first-order chi connectivity index (χ1) is 9.86. The Morgan fingerprint density at radius 2 is 2.20 bits per heavy atom. The highest BCUT2D eigenvalue weighted by Gasteiger charge is 2.20. The van der Waals surface area contributed by atoms with Gasteiger partial charge in [0.05, 0.1) is 5.52 Å². The number of fused-ring (bicyclic) bond motifs is 1. The minimum atomic E-state index is 0.808. The van der Waals surface area contributed by atoms with E-state index in [2.05, 4.69) is 46.4 Å². The molecule has 2 aromatic rings. The van der Waals surface area contributed by atoms with E-state index in [-0.39, 0.29) is 0 Å². The van der Waals surface area contributed by atoms with Crippen molar-refractivity contribution in [2.24, 2.45) is 5.92 Å². The van der Waals surface area contributed by atoms with Crippen molar-refractivity contribution in [3.63, 3.8) is 0 Å². The van der Waals surface area contributed by atoms with E-state index in [0.717, 1.165) is 24.5 Å². The third-order valence-electron chi connectivity index (χ3n) is 4.30. The number of nitrogens with one attached hydrogen (secondary N) is 1. The zero-order valence-corrected chi connectivity index (χ0v) is 12.2. The zero-order chi connectivity index (χ0) is 13.8. The third kappa shape index (κ3) is 3.00. The average molecular weight is 269 g/mol. The standard InChI is InChI=1S/C17H23N3/c1-2-20-10-8-14(13-20)11-18-12-15-7-9-19-17-6-4-3-5-16(15)17/h3-7,9,14,18H,2,8,10-13H2,1H3. The van der Waals surface area contributed by atoms with Crippen molar-refractivity contribution >= 4 is 10.9 Å². The van der Waals surface area contributed by atoms with Crippen molar-refractivity contribution < 1.29 is 0 Å². The smallest absolute Gasteiger partial charge is 0.0705 e. The van der Waals surface area contributed by atoms with E-state index in [9.17, 15) is 0 Å². The number of likely N-dealkylation sites (tertiary alicyclic amines) is 1. The second-order valence-corrected chi connectivity index (χ2v) is 5.67. The summed E-state index contributed by atoms with van der Waals surface area (Å²) in [5, 5.41) is 4.89. The molecule has 3 nitrogen and oxygen atoms in total. The van der Waals surface area contributed by atoms with Gasteiger partial charge in [-0.25, -0.2) is 0 Å². The van der Waals surface area contributed by atoms with E-state index >= 15 is 0 Å². The Balaban J connectivity index is 1.58. The van der Waals surface area contributed by atoms with Gasteiger partial charge in [-0.2, -0.15) is 0 Å². The molecule has 106 valence electrons. The molecule has 1 aromatic heterocycles. The quantitative estimate of drug-likeness (QED) is 0.904. The number of aromatic nitrogens is 1. The fourth-order valence-electron chi connectivity index (χ4n) is 3.09. The molecule has 0 amide bonds. The van der Waals surface area contributed by atoms with Crippen molar-refractivity contribution in [1.29, 1.82) is 0 Å². The molecule has 0 bridgehead atoms. The number of hydrogen-bond acceptors (Lipinski definition) is 3. The summed E-state index contributed by atoms with van der Waals surface area (Å²) in [6, 6.07) is 10.5. The van der Waals surface area contributed by atoms with Crippen LogP contribution in [0, 0.1) is 5.92 Å². The summed E-state index contributed by atoms with van der Waals surface area (Å²) in [5.41, 5.74) is 2.44. The Morgan fingerprint density at radius 1 is 1.30 bits per heavy atom. The number of hydrogen-bond donors (Lipinski definition) is 1. The maximum Gasteiger partial charge on any atom is 0.0705 e. The molecule has 1 N–H and O–H groups in total. The van der Waals surface area contributed by atoms with Crippen molar-refractivity contribution in [2.45, 2.75) is 19.9 Å². The van der Waals surface area contributed by atoms with Gasteiger partial charge in [-0.05, 0) is 49.7 Å². The molecule has 1 aliphatic heterocycles. The molecule has 1 unspecified atom stereocenters. The summed E-state index contributed by atoms with van der Waals surface area (Å²) in [6.07, 6.45) is 3.24. The molecule has 1 aliphatic rings. The molecule has 0 radical (unpaired) electrons. The van der Waals surface area contributed by atoms with Crippen LogP contribution in [0.3, 0.4) is 0 Å². The minimum Gasteiger partial charge on any atom is -0.312 e. The van der Waals surface area contributed by atoms with Gasteiger partial charge in [-0.1, -0.05) is 25.1 Å². The maximum atomic E-state index is 4.41. The van der Waals surface area contributed by atoms with Crippen LogP contribution in [-0.4, -0.2) is 36.1 Å². The van der Waals surface area contributed by atoms with Gasteiger partial charge in [0.15, 0.2) is 0 Å². The van der Waals surface area contributed by atoms with Crippen LogP contribution in [0.2, 0.25) is 0 Å². The number of benzene rings is 1. The lowest BCUT2D eigenvalue weighted by Gasteiger charge is -2.14. The Kier molecular flexibility index (Phi) is 4.28. The summed E-state index contributed by atoms with van der Waals surface area (Å²) in [6.45, 7) is 8.00. The molecule has 1 aromatic carbocycles. The van der Waals surface area contributed by atoms with E-state index in [1.807, 2.05) is 12.3 Å². The monoisotopic (exact) mass is 269 g/mol. The van der Waals surface area contributed by atoms with Gasteiger partial charge in [0.2, 0.25) is 0 Å². The molecule has 1 fully saturated rings. The van der Waals surface area contributed by atoms with Gasteiger partial charge < -0.3 is 10.2 Å². The summed E-state index contributed by atoms with van der Waals surface area (Å²) in [4.78, 5) is 6.95. The van der Waals surface area contributed by atoms with Gasteiger partial charge in [-0.3, -0.25) is 4.98 Å². The predicted octanol–water partition coefficient (Wildman–Crippen LogP) is 2.67. The van der Waals surface area contributed by atoms with Gasteiger partial charge >= 0.3 is 0 Å². The number of pyridine rings is 1. The van der Waals surface area contributed by atoms with Crippen molar-refractivity contribution in [1.82, 2.24) is 15.2 Å². The van der Waals surface area contributed by atoms with Crippen molar-refractivity contribution in [3.05, 3.63) is 42.1 Å². The maximum absolute atomic E-state index is 4.41. The number of para-hydroxylation sites is 1. The summed E-state index contributed by atoms with van der Waals surface area (Å²) in [7, 11) is 0. The zero-order valence-electron chi connectivity index (χ0n) is 12.2. The van der Waals surface area contributed by atoms with Gasteiger partial charge in [0.1, 0.15) is 0 Å². The van der Waals surface area contributed by atoms with Crippen molar-refractivity contribution in [3.8, 4) is 0 Å². The molecule has 0 spiro atoms. The fourth-order valence-corrected chi connectivity index (χ4v) is 3.09. The van der Waals surface area contributed by atoms with Crippen LogP contribution < -0.4 is 5.32 Å². The van der Waals surface area contributed by atoms with E-state index in [1.165, 1.54) is 37.0 Å². The van der Waals surface area contributed by atoms with Crippen LogP contribution >= 0.6 is 0 Å². The number of nitrogens with zero attached hydrogens (tertiary/aromatic N) is 2. The van der Waals surface area contributed by atoms with Crippen LogP contribution in [0.4, 0.5) is 0 Å². The molecular formula is C17H23N3. The van der Waals surface area contributed by atoms with Crippen LogP contribution in [0.1, 0.15) is 18.9 Å². The van der Waals surface area contributed by atoms with Crippen LogP contribution in [0.15, 0.2) is 36.5 Å². The lowest BCUT2D eigenvalue weighted by Crippen LogP contribution is -2.26. The van der Waals surface area contributed by atoms with Crippen LogP contribution in [0.25, 0.3) is 10.9 Å². The van der Waals surface area contributed by atoms with E-state index < -0.39 is 0 Å². The Labute approximate surface area is 121 Å². The normalized spacial score (nSPS) is 19.8. The Bertz CT molecular complexity index is 562. The van der Waals surface area contributed by atoms with E-state index in [1.54, 1.807) is 0 Å². The SMILES string of the molecule is CCN1CCC(CNCc2ccnc3ccccc23)C1. The molecule has 0 saturated carbocycles. The van der Waals surface area contributed by atoms with Crippen LogP contribution in [-0.2, 0) is 6.54 Å². The fraction of sp³-hybridized carbons (Fsp3) is 0.471. The molecule has 2 heterocycles. The minimum absolute atomic E-state index is 0.808. The largest absolute Gasteiger partial charge is 0.312 e. The Morgan fingerprint density at radius 3 is 3.05 bits per heavy atom. The van der Waals surface area contributed by atoms with Crippen LogP contribution in [0.5, 0.6) is 0 Å². The average Bonchev–Trinajstić information content (AvgIpc) is 2.95.